The van der Waals surface area contributed by atoms with Crippen LogP contribution in [0.15, 0.2) is 53.4 Å². The summed E-state index contributed by atoms with van der Waals surface area (Å²) in [6, 6.07) is 14.9. The second kappa shape index (κ2) is 8.47. The van der Waals surface area contributed by atoms with Crippen LogP contribution in [0.4, 0.5) is 10.5 Å². The van der Waals surface area contributed by atoms with Crippen molar-refractivity contribution in [3.05, 3.63) is 59.1 Å². The summed E-state index contributed by atoms with van der Waals surface area (Å²) in [5, 5.41) is 3.35. The van der Waals surface area contributed by atoms with E-state index in [0.717, 1.165) is 16.1 Å². The van der Waals surface area contributed by atoms with E-state index in [9.17, 15) is 9.59 Å². The molecule has 7 heteroatoms. The molecule has 1 fully saturated rings. The van der Waals surface area contributed by atoms with Gasteiger partial charge in [0, 0.05) is 22.2 Å². The lowest BCUT2D eigenvalue weighted by molar-refractivity contribution is -0.115. The minimum Gasteiger partial charge on any atom is -0.448 e. The Morgan fingerprint density at radius 2 is 1.92 bits per heavy atom. The first kappa shape index (κ1) is 18.6. The molecule has 1 aliphatic heterocycles. The van der Waals surface area contributed by atoms with Crippen LogP contribution in [0.2, 0.25) is 5.02 Å². The van der Waals surface area contributed by atoms with Crippen LogP contribution in [0.5, 0.6) is 0 Å². The Morgan fingerprint density at radius 3 is 2.54 bits per heavy atom. The zero-order valence-electron chi connectivity index (χ0n) is 14.3. The second-order valence-electron chi connectivity index (χ2n) is 5.94. The van der Waals surface area contributed by atoms with Gasteiger partial charge in [0.05, 0.1) is 11.8 Å². The summed E-state index contributed by atoms with van der Waals surface area (Å²) in [6.45, 7) is 3.42. The van der Waals surface area contributed by atoms with Crippen molar-refractivity contribution in [3.8, 4) is 0 Å². The van der Waals surface area contributed by atoms with E-state index in [1.807, 2.05) is 55.5 Å². The van der Waals surface area contributed by atoms with Crippen molar-refractivity contribution >= 4 is 41.1 Å². The third-order valence-electron chi connectivity index (χ3n) is 3.94. The van der Waals surface area contributed by atoms with Crippen LogP contribution in [-0.4, -0.2) is 35.3 Å². The molecule has 5 nitrogen and oxygen atoms in total. The monoisotopic (exact) mass is 390 g/mol. The molecule has 1 unspecified atom stereocenters. The molecule has 0 saturated carbocycles. The van der Waals surface area contributed by atoms with E-state index < -0.39 is 0 Å². The summed E-state index contributed by atoms with van der Waals surface area (Å²) >= 11 is 7.35. The number of rotatable bonds is 6. The Morgan fingerprint density at radius 1 is 1.23 bits per heavy atom. The third-order valence-corrected chi connectivity index (χ3v) is 5.30. The highest BCUT2D eigenvalue weighted by Gasteiger charge is 2.21. The van der Waals surface area contributed by atoms with Crippen LogP contribution in [0.1, 0.15) is 12.5 Å². The van der Waals surface area contributed by atoms with Crippen LogP contribution in [0.3, 0.4) is 0 Å². The minimum atomic E-state index is -0.282. The highest BCUT2D eigenvalue weighted by atomic mass is 35.5. The van der Waals surface area contributed by atoms with E-state index in [4.69, 9.17) is 16.3 Å². The molecule has 0 spiro atoms. The Bertz CT molecular complexity index is 780. The van der Waals surface area contributed by atoms with Crippen LogP contribution >= 0.6 is 23.4 Å². The standard InChI is InChI=1S/C19H19ClN2O3S/c1-13(26-17-8-4-15(20)5-9-17)18(23)21-16-6-2-14(3-7-16)12-22-10-11-25-19(22)24/h2-9,13H,10-12H2,1H3,(H,21,23). The van der Waals surface area contributed by atoms with Gasteiger partial charge in [0.25, 0.3) is 0 Å². The molecule has 1 atom stereocenters. The predicted octanol–water partition coefficient (Wildman–Crippen LogP) is 4.41. The van der Waals surface area contributed by atoms with Gasteiger partial charge in [0.15, 0.2) is 0 Å². The zero-order chi connectivity index (χ0) is 18.5. The van der Waals surface area contributed by atoms with Crippen molar-refractivity contribution in [2.45, 2.75) is 23.6 Å². The lowest BCUT2D eigenvalue weighted by atomic mass is 10.2. The Hall–Kier alpha value is -2.18. The average Bonchev–Trinajstić information content (AvgIpc) is 3.03. The fourth-order valence-electron chi connectivity index (χ4n) is 2.50. The molecule has 2 aromatic rings. The zero-order valence-corrected chi connectivity index (χ0v) is 15.8. The van der Waals surface area contributed by atoms with Gasteiger partial charge in [-0.2, -0.15) is 0 Å². The van der Waals surface area contributed by atoms with Gasteiger partial charge in [0.2, 0.25) is 5.91 Å². The summed E-state index contributed by atoms with van der Waals surface area (Å²) in [6.07, 6.45) is -0.282. The highest BCUT2D eigenvalue weighted by Crippen LogP contribution is 2.25. The van der Waals surface area contributed by atoms with Crippen LogP contribution in [0, 0.1) is 0 Å². The maximum absolute atomic E-state index is 12.4. The maximum Gasteiger partial charge on any atom is 0.410 e. The fraction of sp³-hybridized carbons (Fsp3) is 0.263. The molecule has 3 rings (SSSR count). The van der Waals surface area contributed by atoms with E-state index in [0.29, 0.717) is 24.7 Å². The molecule has 0 radical (unpaired) electrons. The molecule has 2 amide bonds. The number of carbonyl (C=O) groups excluding carboxylic acids is 2. The number of hydrogen-bond acceptors (Lipinski definition) is 4. The van der Waals surface area contributed by atoms with E-state index in [1.165, 1.54) is 11.8 Å². The number of halogens is 1. The number of cyclic esters (lactones) is 1. The molecule has 136 valence electrons. The van der Waals surface area contributed by atoms with Crippen LogP contribution in [-0.2, 0) is 16.1 Å². The lowest BCUT2D eigenvalue weighted by Crippen LogP contribution is -2.24. The summed E-state index contributed by atoms with van der Waals surface area (Å²) in [4.78, 5) is 26.5. The molecule has 1 saturated heterocycles. The first-order valence-corrected chi connectivity index (χ1v) is 9.51. The topological polar surface area (TPSA) is 58.6 Å². The largest absolute Gasteiger partial charge is 0.448 e. The van der Waals surface area contributed by atoms with Gasteiger partial charge in [-0.3, -0.25) is 4.79 Å². The van der Waals surface area contributed by atoms with E-state index in [-0.39, 0.29) is 17.3 Å². The van der Waals surface area contributed by atoms with Crippen LogP contribution in [0.25, 0.3) is 0 Å². The summed E-state index contributed by atoms with van der Waals surface area (Å²) in [5.41, 5.74) is 1.72. The molecule has 1 aliphatic rings. The van der Waals surface area contributed by atoms with E-state index >= 15 is 0 Å². The number of ether oxygens (including phenoxy) is 1. The first-order chi connectivity index (χ1) is 12.5. The number of thioether (sulfide) groups is 1. The number of nitrogens with zero attached hydrogens (tertiary/aromatic N) is 1. The Labute approximate surface area is 161 Å². The van der Waals surface area contributed by atoms with Gasteiger partial charge in [-0.25, -0.2) is 4.79 Å². The lowest BCUT2D eigenvalue weighted by Gasteiger charge is -2.14. The van der Waals surface area contributed by atoms with Crippen molar-refractivity contribution in [3.63, 3.8) is 0 Å². The highest BCUT2D eigenvalue weighted by molar-refractivity contribution is 8.00. The molecule has 0 bridgehead atoms. The van der Waals surface area contributed by atoms with Crippen molar-refractivity contribution in [1.29, 1.82) is 0 Å². The molecule has 1 N–H and O–H groups in total. The van der Waals surface area contributed by atoms with Crippen LogP contribution < -0.4 is 5.32 Å². The summed E-state index contributed by atoms with van der Waals surface area (Å²) in [5.74, 6) is -0.0687. The Kier molecular flexibility index (Phi) is 6.06. The fourth-order valence-corrected chi connectivity index (χ4v) is 3.49. The van der Waals surface area contributed by atoms with Gasteiger partial charge in [-0.05, 0) is 48.9 Å². The number of anilines is 1. The molecule has 2 aromatic carbocycles. The Balaban J connectivity index is 1.53. The normalized spacial score (nSPS) is 14.8. The average molecular weight is 391 g/mol. The summed E-state index contributed by atoms with van der Waals surface area (Å²) < 4.78 is 4.92. The SMILES string of the molecule is CC(Sc1ccc(Cl)cc1)C(=O)Nc1ccc(CN2CCOC2=O)cc1. The van der Waals surface area contributed by atoms with Gasteiger partial charge in [-0.15, -0.1) is 11.8 Å². The number of amides is 2. The number of benzene rings is 2. The van der Waals surface area contributed by atoms with Crippen molar-refractivity contribution in [2.24, 2.45) is 0 Å². The van der Waals surface area contributed by atoms with Crippen molar-refractivity contribution < 1.29 is 14.3 Å². The summed E-state index contributed by atoms with van der Waals surface area (Å²) in [7, 11) is 0. The van der Waals surface area contributed by atoms with Gasteiger partial charge < -0.3 is 15.0 Å². The van der Waals surface area contributed by atoms with Gasteiger partial charge >= 0.3 is 6.09 Å². The quantitative estimate of drug-likeness (QED) is 0.742. The third kappa shape index (κ3) is 4.93. The molecule has 26 heavy (non-hydrogen) atoms. The van der Waals surface area contributed by atoms with Crippen molar-refractivity contribution in [2.75, 3.05) is 18.5 Å². The molecule has 1 heterocycles. The second-order valence-corrected chi connectivity index (χ2v) is 7.79. The molecular weight excluding hydrogens is 372 g/mol. The molecule has 0 aliphatic carbocycles. The van der Waals surface area contributed by atoms with Gasteiger partial charge in [-0.1, -0.05) is 23.7 Å². The number of nitrogens with one attached hydrogen (secondary N) is 1. The first-order valence-electron chi connectivity index (χ1n) is 8.25. The minimum absolute atomic E-state index is 0.0687. The number of carbonyl (C=O) groups is 2. The van der Waals surface area contributed by atoms with Gasteiger partial charge in [0.1, 0.15) is 6.61 Å². The molecule has 0 aromatic heterocycles. The predicted molar refractivity (Wildman–Crippen MR) is 104 cm³/mol. The maximum atomic E-state index is 12.4. The van der Waals surface area contributed by atoms with Crippen molar-refractivity contribution in [1.82, 2.24) is 4.90 Å². The number of hydrogen-bond donors (Lipinski definition) is 1. The van der Waals surface area contributed by atoms with E-state index in [1.54, 1.807) is 4.90 Å². The smallest absolute Gasteiger partial charge is 0.410 e. The van der Waals surface area contributed by atoms with E-state index in [2.05, 4.69) is 5.32 Å². The molecular formula is C19H19ClN2O3S.